The van der Waals surface area contributed by atoms with E-state index in [0.29, 0.717) is 16.8 Å². The van der Waals surface area contributed by atoms with Gasteiger partial charge in [-0.2, -0.15) is 5.10 Å². The Morgan fingerprint density at radius 3 is 2.45 bits per heavy atom. The van der Waals surface area contributed by atoms with Crippen molar-refractivity contribution >= 4 is 11.6 Å². The molecule has 3 rings (SSSR count). The van der Waals surface area contributed by atoms with Gasteiger partial charge in [0.25, 0.3) is 0 Å². The largest absolute Gasteiger partial charge is 0.238 e. The Hall–Kier alpha value is -2.20. The lowest BCUT2D eigenvalue weighted by Crippen LogP contribution is -2.03. The molecule has 0 atom stereocenters. The van der Waals surface area contributed by atoms with Crippen LogP contribution < -0.4 is 0 Å². The number of aryl methyl sites for hydroxylation is 2. The van der Waals surface area contributed by atoms with Gasteiger partial charge < -0.3 is 0 Å². The molecule has 4 nitrogen and oxygen atoms in total. The number of benzene rings is 1. The number of rotatable bonds is 2. The summed E-state index contributed by atoms with van der Waals surface area (Å²) in [6, 6.07) is 13.6. The third kappa shape index (κ3) is 2.42. The monoisotopic (exact) mass is 284 g/mol. The SMILES string of the molecule is Cc1cc(-n2nc(-c3ccccc3)cc2Cl)nc(C)n1. The van der Waals surface area contributed by atoms with E-state index in [0.717, 1.165) is 17.0 Å². The van der Waals surface area contributed by atoms with Crippen LogP contribution in [0.4, 0.5) is 0 Å². The van der Waals surface area contributed by atoms with Crippen LogP contribution in [0.5, 0.6) is 0 Å². The van der Waals surface area contributed by atoms with Gasteiger partial charge in [0.05, 0.1) is 5.69 Å². The molecular weight excluding hydrogens is 272 g/mol. The topological polar surface area (TPSA) is 43.6 Å². The molecule has 0 saturated carbocycles. The van der Waals surface area contributed by atoms with Crippen LogP contribution in [0.1, 0.15) is 11.5 Å². The zero-order chi connectivity index (χ0) is 14.1. The van der Waals surface area contributed by atoms with Crippen LogP contribution in [-0.2, 0) is 0 Å². The van der Waals surface area contributed by atoms with Crippen molar-refractivity contribution in [2.45, 2.75) is 13.8 Å². The molecule has 0 saturated heterocycles. The van der Waals surface area contributed by atoms with Gasteiger partial charge in [-0.3, -0.25) is 0 Å². The molecule has 3 aromatic rings. The maximum Gasteiger partial charge on any atom is 0.159 e. The van der Waals surface area contributed by atoms with Crippen molar-refractivity contribution in [3.63, 3.8) is 0 Å². The third-order valence-electron chi connectivity index (χ3n) is 2.90. The Morgan fingerprint density at radius 2 is 1.75 bits per heavy atom. The van der Waals surface area contributed by atoms with E-state index in [9.17, 15) is 0 Å². The molecule has 0 unspecified atom stereocenters. The van der Waals surface area contributed by atoms with Gasteiger partial charge in [-0.05, 0) is 13.8 Å². The van der Waals surface area contributed by atoms with E-state index in [2.05, 4.69) is 15.1 Å². The lowest BCUT2D eigenvalue weighted by atomic mass is 10.2. The summed E-state index contributed by atoms with van der Waals surface area (Å²) in [6.45, 7) is 3.78. The molecule has 2 aromatic heterocycles. The molecule has 100 valence electrons. The standard InChI is InChI=1S/C15H13ClN4/c1-10-8-15(18-11(2)17-10)20-14(16)9-13(19-20)12-6-4-3-5-7-12/h3-9H,1-2H3. The normalized spacial score (nSPS) is 10.8. The van der Waals surface area contributed by atoms with Gasteiger partial charge in [-0.15, -0.1) is 0 Å². The molecule has 0 aliphatic carbocycles. The van der Waals surface area contributed by atoms with Crippen molar-refractivity contribution in [2.24, 2.45) is 0 Å². The molecule has 20 heavy (non-hydrogen) atoms. The van der Waals surface area contributed by atoms with Crippen LogP contribution in [0.15, 0.2) is 42.5 Å². The molecule has 1 aromatic carbocycles. The lowest BCUT2D eigenvalue weighted by Gasteiger charge is -2.04. The van der Waals surface area contributed by atoms with E-state index < -0.39 is 0 Å². The highest BCUT2D eigenvalue weighted by atomic mass is 35.5. The van der Waals surface area contributed by atoms with Crippen molar-refractivity contribution in [2.75, 3.05) is 0 Å². The summed E-state index contributed by atoms with van der Waals surface area (Å²) in [5.74, 6) is 1.38. The Bertz CT molecular complexity index is 730. The number of hydrogen-bond donors (Lipinski definition) is 0. The molecule has 0 aliphatic heterocycles. The minimum Gasteiger partial charge on any atom is -0.238 e. The molecule has 0 bridgehead atoms. The van der Waals surface area contributed by atoms with Crippen LogP contribution in [0.2, 0.25) is 5.15 Å². The molecular formula is C15H13ClN4. The van der Waals surface area contributed by atoms with E-state index >= 15 is 0 Å². The highest BCUT2D eigenvalue weighted by Gasteiger charge is 2.11. The zero-order valence-corrected chi connectivity index (χ0v) is 12.0. The average Bonchev–Trinajstić information content (AvgIpc) is 2.81. The average molecular weight is 285 g/mol. The Kier molecular flexibility index (Phi) is 3.24. The molecule has 2 heterocycles. The first-order valence-electron chi connectivity index (χ1n) is 6.27. The number of aromatic nitrogens is 4. The van der Waals surface area contributed by atoms with Gasteiger partial charge in [-0.1, -0.05) is 41.9 Å². The first-order valence-corrected chi connectivity index (χ1v) is 6.65. The second kappa shape index (κ2) is 5.06. The van der Waals surface area contributed by atoms with Crippen LogP contribution in [-0.4, -0.2) is 19.7 Å². The molecule has 0 spiro atoms. The zero-order valence-electron chi connectivity index (χ0n) is 11.2. The van der Waals surface area contributed by atoms with Gasteiger partial charge in [-0.25, -0.2) is 14.6 Å². The first-order chi connectivity index (χ1) is 9.63. The summed E-state index contributed by atoms with van der Waals surface area (Å²) < 4.78 is 1.63. The first kappa shape index (κ1) is 12.8. The quantitative estimate of drug-likeness (QED) is 0.722. The van der Waals surface area contributed by atoms with Gasteiger partial charge in [0.1, 0.15) is 11.0 Å². The predicted molar refractivity (Wildman–Crippen MR) is 79.1 cm³/mol. The molecule has 0 aliphatic rings. The van der Waals surface area contributed by atoms with Crippen LogP contribution in [0.3, 0.4) is 0 Å². The second-order valence-electron chi connectivity index (χ2n) is 4.54. The fraction of sp³-hybridized carbons (Fsp3) is 0.133. The Morgan fingerprint density at radius 1 is 1.00 bits per heavy atom. The molecule has 0 amide bonds. The minimum absolute atomic E-state index is 0.529. The summed E-state index contributed by atoms with van der Waals surface area (Å²) >= 11 is 6.27. The molecule has 5 heteroatoms. The highest BCUT2D eigenvalue weighted by molar-refractivity contribution is 6.30. The molecule has 0 N–H and O–H groups in total. The van der Waals surface area contributed by atoms with Crippen molar-refractivity contribution in [3.8, 4) is 17.1 Å². The van der Waals surface area contributed by atoms with Gasteiger partial charge in [0, 0.05) is 23.4 Å². The summed E-state index contributed by atoms with van der Waals surface area (Å²) in [7, 11) is 0. The van der Waals surface area contributed by atoms with Crippen molar-refractivity contribution in [1.29, 1.82) is 0 Å². The summed E-state index contributed by atoms with van der Waals surface area (Å²) in [4.78, 5) is 8.64. The van der Waals surface area contributed by atoms with Gasteiger partial charge in [0.15, 0.2) is 5.82 Å². The van der Waals surface area contributed by atoms with Crippen molar-refractivity contribution in [1.82, 2.24) is 19.7 Å². The van der Waals surface area contributed by atoms with Crippen LogP contribution in [0, 0.1) is 13.8 Å². The van der Waals surface area contributed by atoms with Gasteiger partial charge in [0.2, 0.25) is 0 Å². The molecule has 0 fully saturated rings. The summed E-state index contributed by atoms with van der Waals surface area (Å²) in [5.41, 5.74) is 2.74. The lowest BCUT2D eigenvalue weighted by molar-refractivity contribution is 0.825. The van der Waals surface area contributed by atoms with Crippen LogP contribution >= 0.6 is 11.6 Å². The van der Waals surface area contributed by atoms with E-state index in [-0.39, 0.29) is 0 Å². The summed E-state index contributed by atoms with van der Waals surface area (Å²) in [6.07, 6.45) is 0. The van der Waals surface area contributed by atoms with Crippen molar-refractivity contribution < 1.29 is 0 Å². The highest BCUT2D eigenvalue weighted by Crippen LogP contribution is 2.23. The minimum atomic E-state index is 0.529. The maximum absolute atomic E-state index is 6.27. The van der Waals surface area contributed by atoms with E-state index in [1.165, 1.54) is 0 Å². The predicted octanol–water partition coefficient (Wildman–Crippen LogP) is 3.60. The van der Waals surface area contributed by atoms with E-state index in [4.69, 9.17) is 11.6 Å². The maximum atomic E-state index is 6.27. The Balaban J connectivity index is 2.09. The number of halogens is 1. The number of hydrogen-bond acceptors (Lipinski definition) is 3. The molecule has 0 radical (unpaired) electrons. The fourth-order valence-electron chi connectivity index (χ4n) is 2.07. The van der Waals surface area contributed by atoms with Crippen LogP contribution in [0.25, 0.3) is 17.1 Å². The third-order valence-corrected chi connectivity index (χ3v) is 3.17. The van der Waals surface area contributed by atoms with E-state index in [1.807, 2.05) is 56.3 Å². The van der Waals surface area contributed by atoms with Gasteiger partial charge >= 0.3 is 0 Å². The summed E-state index contributed by atoms with van der Waals surface area (Å²) in [5, 5.41) is 5.06. The second-order valence-corrected chi connectivity index (χ2v) is 4.93. The smallest absolute Gasteiger partial charge is 0.159 e. The Labute approximate surface area is 122 Å². The van der Waals surface area contributed by atoms with E-state index in [1.54, 1.807) is 4.68 Å². The fourth-order valence-corrected chi connectivity index (χ4v) is 2.30. The number of nitrogens with zero attached hydrogens (tertiary/aromatic N) is 4. The van der Waals surface area contributed by atoms with Crippen molar-refractivity contribution in [3.05, 3.63) is 59.1 Å².